The molecule has 2 fully saturated rings. The lowest BCUT2D eigenvalue weighted by atomic mass is 9.96. The molecular formula is C24H26FN5O2. The number of aromatic hydroxyl groups is 1. The number of pyridine rings is 1. The first-order valence-electron chi connectivity index (χ1n) is 10.9. The number of alkyl halides is 1. The Morgan fingerprint density at radius 2 is 1.97 bits per heavy atom. The fourth-order valence-corrected chi connectivity index (χ4v) is 4.82. The Labute approximate surface area is 185 Å². The third-order valence-corrected chi connectivity index (χ3v) is 6.76. The number of piperidine rings is 1. The predicted octanol–water partition coefficient (Wildman–Crippen LogP) is 2.88. The normalized spacial score (nSPS) is 24.5. The van der Waals surface area contributed by atoms with Crippen molar-refractivity contribution < 1.29 is 9.50 Å². The minimum atomic E-state index is -0.938. The summed E-state index contributed by atoms with van der Waals surface area (Å²) in [5, 5.41) is 13.9. The minimum Gasteiger partial charge on any atom is -0.507 e. The first kappa shape index (κ1) is 20.6. The van der Waals surface area contributed by atoms with Crippen LogP contribution in [0.4, 0.5) is 10.2 Å². The zero-order valence-corrected chi connectivity index (χ0v) is 18.1. The maximum atomic E-state index is 14.9. The summed E-state index contributed by atoms with van der Waals surface area (Å²) < 4.78 is 16.4. The molecule has 3 aromatic rings. The van der Waals surface area contributed by atoms with Crippen LogP contribution in [0, 0.1) is 0 Å². The Morgan fingerprint density at radius 3 is 2.69 bits per heavy atom. The largest absolute Gasteiger partial charge is 0.507 e. The van der Waals surface area contributed by atoms with E-state index < -0.39 is 6.17 Å². The molecule has 2 unspecified atom stereocenters. The van der Waals surface area contributed by atoms with Gasteiger partial charge < -0.3 is 19.9 Å². The van der Waals surface area contributed by atoms with Crippen molar-refractivity contribution >= 4 is 5.82 Å². The number of hydrogen-bond acceptors (Lipinski definition) is 6. The van der Waals surface area contributed by atoms with Gasteiger partial charge >= 0.3 is 0 Å². The molecule has 1 aromatic carbocycles. The second-order valence-electron chi connectivity index (χ2n) is 8.76. The van der Waals surface area contributed by atoms with E-state index in [0.29, 0.717) is 23.1 Å². The lowest BCUT2D eigenvalue weighted by Crippen LogP contribution is -2.55. The highest BCUT2D eigenvalue weighted by Gasteiger charge is 2.43. The van der Waals surface area contributed by atoms with Gasteiger partial charge in [-0.3, -0.25) is 9.78 Å². The van der Waals surface area contributed by atoms with E-state index in [4.69, 9.17) is 0 Å². The van der Waals surface area contributed by atoms with Crippen molar-refractivity contribution in [1.82, 2.24) is 19.9 Å². The van der Waals surface area contributed by atoms with Crippen LogP contribution in [0.3, 0.4) is 0 Å². The van der Waals surface area contributed by atoms with Crippen molar-refractivity contribution in [3.8, 4) is 28.1 Å². The molecule has 5 rings (SSSR count). The molecule has 166 valence electrons. The van der Waals surface area contributed by atoms with E-state index in [1.54, 1.807) is 37.8 Å². The summed E-state index contributed by atoms with van der Waals surface area (Å²) in [6, 6.07) is 8.64. The van der Waals surface area contributed by atoms with Crippen molar-refractivity contribution in [2.45, 2.75) is 43.6 Å². The summed E-state index contributed by atoms with van der Waals surface area (Å²) in [5.41, 5.74) is 2.42. The summed E-state index contributed by atoms with van der Waals surface area (Å²) in [6.07, 6.45) is 6.64. The molecule has 0 radical (unpaired) electrons. The molecule has 2 aliphatic rings. The highest BCUT2D eigenvalue weighted by Crippen LogP contribution is 2.34. The highest BCUT2D eigenvalue weighted by atomic mass is 19.1. The van der Waals surface area contributed by atoms with Crippen LogP contribution in [0.25, 0.3) is 22.4 Å². The molecule has 32 heavy (non-hydrogen) atoms. The number of anilines is 1. The zero-order valence-electron chi connectivity index (χ0n) is 18.1. The number of phenols is 1. The minimum absolute atomic E-state index is 0.0531. The summed E-state index contributed by atoms with van der Waals surface area (Å²) in [7, 11) is 3.55. The highest BCUT2D eigenvalue weighted by molar-refractivity contribution is 5.74. The van der Waals surface area contributed by atoms with Crippen molar-refractivity contribution in [2.75, 3.05) is 11.9 Å². The quantitative estimate of drug-likeness (QED) is 0.656. The van der Waals surface area contributed by atoms with Crippen LogP contribution in [0.1, 0.15) is 19.3 Å². The Morgan fingerprint density at radius 1 is 1.16 bits per heavy atom. The molecule has 2 saturated heterocycles. The number of aryl methyl sites for hydroxylation is 1. The third-order valence-electron chi connectivity index (χ3n) is 6.76. The number of rotatable bonds is 4. The van der Waals surface area contributed by atoms with Gasteiger partial charge in [-0.1, -0.05) is 6.07 Å². The molecule has 4 atom stereocenters. The molecule has 0 spiro atoms. The number of benzene rings is 1. The summed E-state index contributed by atoms with van der Waals surface area (Å²) >= 11 is 0. The number of nitrogens with zero attached hydrogens (tertiary/aromatic N) is 4. The van der Waals surface area contributed by atoms with Gasteiger partial charge in [0.25, 0.3) is 5.56 Å². The van der Waals surface area contributed by atoms with Crippen molar-refractivity contribution in [3.05, 3.63) is 59.3 Å². The zero-order chi connectivity index (χ0) is 22.4. The van der Waals surface area contributed by atoms with Crippen LogP contribution in [-0.2, 0) is 7.05 Å². The van der Waals surface area contributed by atoms with E-state index in [2.05, 4.69) is 15.3 Å². The van der Waals surface area contributed by atoms with E-state index in [9.17, 15) is 14.3 Å². The Bertz CT molecular complexity index is 1200. The Kier molecular flexibility index (Phi) is 5.17. The molecule has 2 aromatic heterocycles. The van der Waals surface area contributed by atoms with Gasteiger partial charge in [0.15, 0.2) is 0 Å². The molecule has 2 bridgehead atoms. The van der Waals surface area contributed by atoms with Gasteiger partial charge in [0.1, 0.15) is 17.7 Å². The molecule has 0 amide bonds. The smallest absolute Gasteiger partial charge is 0.250 e. The molecule has 0 aliphatic carbocycles. The number of halogens is 1. The standard InChI is InChI=1S/C24H26FN5O2/c1-29-8-7-15(10-23(29)32)14-3-5-17(21(31)9-14)19-12-27-22(13-26-19)30(2)20-11-16-4-6-18(28-16)24(20)25/h3,5,7-10,12-13,16,18,20,24,28,31H,4,6,11H2,1-2H3/t16?,18?,20-,24+/m0/s1. The summed E-state index contributed by atoms with van der Waals surface area (Å²) in [4.78, 5) is 22.8. The predicted molar refractivity (Wildman–Crippen MR) is 121 cm³/mol. The van der Waals surface area contributed by atoms with Gasteiger partial charge in [-0.05, 0) is 48.6 Å². The molecule has 2 aliphatic heterocycles. The van der Waals surface area contributed by atoms with E-state index in [1.165, 1.54) is 10.6 Å². The lowest BCUT2D eigenvalue weighted by Gasteiger charge is -2.38. The van der Waals surface area contributed by atoms with Gasteiger partial charge in [-0.15, -0.1) is 0 Å². The maximum absolute atomic E-state index is 14.9. The summed E-state index contributed by atoms with van der Waals surface area (Å²) in [5.74, 6) is 0.663. The van der Waals surface area contributed by atoms with Crippen LogP contribution < -0.4 is 15.8 Å². The van der Waals surface area contributed by atoms with Gasteiger partial charge in [-0.25, -0.2) is 9.37 Å². The molecular weight excluding hydrogens is 409 g/mol. The van der Waals surface area contributed by atoms with E-state index in [-0.39, 0.29) is 23.4 Å². The van der Waals surface area contributed by atoms with Gasteiger partial charge in [0, 0.05) is 44.0 Å². The molecule has 2 N–H and O–H groups in total. The van der Waals surface area contributed by atoms with Crippen LogP contribution in [0.2, 0.25) is 0 Å². The van der Waals surface area contributed by atoms with Gasteiger partial charge in [0.2, 0.25) is 0 Å². The molecule has 7 nitrogen and oxygen atoms in total. The summed E-state index contributed by atoms with van der Waals surface area (Å²) in [6.45, 7) is 0. The van der Waals surface area contributed by atoms with E-state index >= 15 is 0 Å². The van der Waals surface area contributed by atoms with Gasteiger partial charge in [-0.2, -0.15) is 0 Å². The van der Waals surface area contributed by atoms with E-state index in [0.717, 1.165) is 30.4 Å². The van der Waals surface area contributed by atoms with Crippen molar-refractivity contribution in [3.63, 3.8) is 0 Å². The number of aromatic nitrogens is 3. The van der Waals surface area contributed by atoms with Crippen molar-refractivity contribution in [2.24, 2.45) is 7.05 Å². The van der Waals surface area contributed by atoms with E-state index in [1.807, 2.05) is 24.1 Å². The SMILES string of the molecule is CN(c1cnc(-c2ccc(-c3ccn(C)c(=O)c3)cc2O)cn1)[C@H]1CC2CCC(N2)[C@H]1F. The molecule has 8 heteroatoms. The molecule has 0 saturated carbocycles. The Hall–Kier alpha value is -3.26. The first-order chi connectivity index (χ1) is 15.4. The van der Waals surface area contributed by atoms with Crippen LogP contribution >= 0.6 is 0 Å². The lowest BCUT2D eigenvalue weighted by molar-refractivity contribution is 0.176. The number of nitrogens with one attached hydrogen (secondary N) is 1. The van der Waals surface area contributed by atoms with Crippen LogP contribution in [0.5, 0.6) is 5.75 Å². The fourth-order valence-electron chi connectivity index (χ4n) is 4.82. The van der Waals surface area contributed by atoms with Crippen LogP contribution in [-0.4, -0.2) is 51.0 Å². The number of phenolic OH excluding ortho intramolecular Hbond substituents is 1. The van der Waals surface area contributed by atoms with Crippen LogP contribution in [0.15, 0.2) is 53.7 Å². The maximum Gasteiger partial charge on any atom is 0.250 e. The third kappa shape index (κ3) is 3.64. The monoisotopic (exact) mass is 435 g/mol. The topological polar surface area (TPSA) is 83.3 Å². The Balaban J connectivity index is 1.37. The average molecular weight is 436 g/mol. The molecule has 4 heterocycles. The number of fused-ring (bicyclic) bond motifs is 2. The fraction of sp³-hybridized carbons (Fsp3) is 0.375. The van der Waals surface area contributed by atoms with Gasteiger partial charge in [0.05, 0.1) is 24.1 Å². The number of hydrogen-bond donors (Lipinski definition) is 2. The van der Waals surface area contributed by atoms with Crippen molar-refractivity contribution in [1.29, 1.82) is 0 Å². The first-order valence-corrected chi connectivity index (χ1v) is 10.9. The average Bonchev–Trinajstić information content (AvgIpc) is 3.21. The second-order valence-corrected chi connectivity index (χ2v) is 8.76. The second kappa shape index (κ2) is 8.02.